The number of hydrogen-bond donors (Lipinski definition) is 1. The van der Waals surface area contributed by atoms with Crippen LogP contribution < -0.4 is 0 Å². The van der Waals surface area contributed by atoms with Crippen molar-refractivity contribution in [3.63, 3.8) is 0 Å². The highest BCUT2D eigenvalue weighted by Gasteiger charge is 2.29. The van der Waals surface area contributed by atoms with E-state index in [1.807, 2.05) is 20.8 Å². The van der Waals surface area contributed by atoms with Crippen molar-refractivity contribution in [1.29, 1.82) is 0 Å². The van der Waals surface area contributed by atoms with Gasteiger partial charge in [0.1, 0.15) is 17.1 Å². The molecule has 0 radical (unpaired) electrons. The molecule has 0 fully saturated rings. The maximum absolute atomic E-state index is 13.0. The summed E-state index contributed by atoms with van der Waals surface area (Å²) < 4.78 is 17.8. The van der Waals surface area contributed by atoms with Crippen molar-refractivity contribution in [1.82, 2.24) is 10.2 Å². The number of nitrogens with one attached hydrogen (secondary N) is 1. The Labute approximate surface area is 117 Å². The summed E-state index contributed by atoms with van der Waals surface area (Å²) in [6.07, 6.45) is 0. The fourth-order valence-electron chi connectivity index (χ4n) is 2.00. The number of H-pyrrole nitrogens is 1. The van der Waals surface area contributed by atoms with Crippen molar-refractivity contribution < 1.29 is 13.9 Å². The predicted octanol–water partition coefficient (Wildman–Crippen LogP) is 3.30. The van der Waals surface area contributed by atoms with Crippen molar-refractivity contribution in [3.05, 3.63) is 41.3 Å². The van der Waals surface area contributed by atoms with E-state index in [1.54, 1.807) is 12.1 Å². The minimum Gasteiger partial charge on any atom is -0.465 e. The van der Waals surface area contributed by atoms with E-state index in [-0.39, 0.29) is 11.2 Å². The van der Waals surface area contributed by atoms with Gasteiger partial charge in [-0.25, -0.2) is 9.18 Å². The van der Waals surface area contributed by atoms with E-state index >= 15 is 0 Å². The first-order valence-electron chi connectivity index (χ1n) is 6.27. The number of hydrogen-bond acceptors (Lipinski definition) is 3. The first-order chi connectivity index (χ1) is 9.34. The van der Waals surface area contributed by atoms with Gasteiger partial charge < -0.3 is 4.74 Å². The summed E-state index contributed by atoms with van der Waals surface area (Å²) in [6.45, 7) is 5.92. The van der Waals surface area contributed by atoms with Crippen molar-refractivity contribution in [3.8, 4) is 11.3 Å². The van der Waals surface area contributed by atoms with E-state index < -0.39 is 5.97 Å². The molecule has 106 valence electrons. The second-order valence-corrected chi connectivity index (χ2v) is 5.57. The third-order valence-electron chi connectivity index (χ3n) is 3.02. The van der Waals surface area contributed by atoms with Crippen LogP contribution in [-0.2, 0) is 10.2 Å². The summed E-state index contributed by atoms with van der Waals surface area (Å²) in [5.41, 5.74) is 1.95. The van der Waals surface area contributed by atoms with Crippen LogP contribution in [0.5, 0.6) is 0 Å². The molecule has 0 bridgehead atoms. The van der Waals surface area contributed by atoms with Gasteiger partial charge in [-0.2, -0.15) is 5.10 Å². The van der Waals surface area contributed by atoms with E-state index in [0.29, 0.717) is 22.5 Å². The summed E-state index contributed by atoms with van der Waals surface area (Å²) in [5, 5.41) is 7.10. The van der Waals surface area contributed by atoms with E-state index in [9.17, 15) is 9.18 Å². The zero-order chi connectivity index (χ0) is 14.9. The van der Waals surface area contributed by atoms with Gasteiger partial charge in [0.25, 0.3) is 0 Å². The average Bonchev–Trinajstić information content (AvgIpc) is 2.83. The summed E-state index contributed by atoms with van der Waals surface area (Å²) in [5.74, 6) is -0.789. The van der Waals surface area contributed by atoms with Crippen LogP contribution >= 0.6 is 0 Å². The van der Waals surface area contributed by atoms with Crippen LogP contribution in [0, 0.1) is 5.82 Å². The maximum Gasteiger partial charge on any atom is 0.342 e. The van der Waals surface area contributed by atoms with E-state index in [1.165, 1.54) is 19.2 Å². The minimum absolute atomic E-state index is 0.283. The highest BCUT2D eigenvalue weighted by atomic mass is 19.1. The monoisotopic (exact) mass is 276 g/mol. The standard InChI is InChI=1S/C15H17FN2O2/c1-15(2,3)13-11(14(19)20-4)12(17-18-13)9-5-7-10(16)8-6-9/h5-8H,1-4H3,(H,17,18). The number of methoxy groups -OCH3 is 1. The van der Waals surface area contributed by atoms with Crippen LogP contribution in [0.15, 0.2) is 24.3 Å². The zero-order valence-corrected chi connectivity index (χ0v) is 12.0. The zero-order valence-electron chi connectivity index (χ0n) is 12.0. The molecular weight excluding hydrogens is 259 g/mol. The molecule has 0 spiro atoms. The Bertz CT molecular complexity index is 624. The molecule has 2 aromatic rings. The number of benzene rings is 1. The summed E-state index contributed by atoms with van der Waals surface area (Å²) >= 11 is 0. The summed E-state index contributed by atoms with van der Waals surface area (Å²) in [7, 11) is 1.33. The van der Waals surface area contributed by atoms with Crippen LogP contribution in [0.3, 0.4) is 0 Å². The topological polar surface area (TPSA) is 55.0 Å². The molecule has 0 aliphatic heterocycles. The van der Waals surface area contributed by atoms with Gasteiger partial charge in [-0.15, -0.1) is 0 Å². The molecule has 0 saturated heterocycles. The van der Waals surface area contributed by atoms with Gasteiger partial charge in [0, 0.05) is 11.0 Å². The van der Waals surface area contributed by atoms with Crippen LogP contribution in [0.4, 0.5) is 4.39 Å². The molecule has 1 aromatic heterocycles. The van der Waals surface area contributed by atoms with Gasteiger partial charge >= 0.3 is 5.97 Å². The lowest BCUT2D eigenvalue weighted by Crippen LogP contribution is -2.17. The first-order valence-corrected chi connectivity index (χ1v) is 6.27. The third-order valence-corrected chi connectivity index (χ3v) is 3.02. The molecule has 4 nitrogen and oxygen atoms in total. The lowest BCUT2D eigenvalue weighted by atomic mass is 9.88. The lowest BCUT2D eigenvalue weighted by molar-refractivity contribution is 0.0599. The van der Waals surface area contributed by atoms with Gasteiger partial charge in [-0.3, -0.25) is 5.10 Å². The van der Waals surface area contributed by atoms with E-state index in [4.69, 9.17) is 4.74 Å². The van der Waals surface area contributed by atoms with Gasteiger partial charge in [0.2, 0.25) is 0 Å². The van der Waals surface area contributed by atoms with Gasteiger partial charge in [-0.1, -0.05) is 20.8 Å². The Hall–Kier alpha value is -2.17. The second kappa shape index (κ2) is 5.07. The normalized spacial score (nSPS) is 11.4. The lowest BCUT2D eigenvalue weighted by Gasteiger charge is -2.17. The largest absolute Gasteiger partial charge is 0.465 e. The molecule has 1 heterocycles. The molecule has 0 saturated carbocycles. The Morgan fingerprint density at radius 2 is 1.85 bits per heavy atom. The minimum atomic E-state index is -0.456. The maximum atomic E-state index is 13.0. The number of nitrogens with zero attached hydrogens (tertiary/aromatic N) is 1. The first kappa shape index (κ1) is 14.2. The number of aromatic amines is 1. The molecule has 1 N–H and O–H groups in total. The molecule has 0 unspecified atom stereocenters. The SMILES string of the molecule is COC(=O)c1c(-c2ccc(F)cc2)n[nH]c1C(C)(C)C. The highest BCUT2D eigenvalue weighted by molar-refractivity contribution is 5.97. The Balaban J connectivity index is 2.62. The fourth-order valence-corrected chi connectivity index (χ4v) is 2.00. The quantitative estimate of drug-likeness (QED) is 0.856. The highest BCUT2D eigenvalue weighted by Crippen LogP contribution is 2.31. The predicted molar refractivity (Wildman–Crippen MR) is 74.0 cm³/mol. The van der Waals surface area contributed by atoms with Crippen molar-refractivity contribution in [2.24, 2.45) is 0 Å². The van der Waals surface area contributed by atoms with Crippen LogP contribution in [0.1, 0.15) is 36.8 Å². The Morgan fingerprint density at radius 3 is 2.35 bits per heavy atom. The van der Waals surface area contributed by atoms with Crippen molar-refractivity contribution >= 4 is 5.97 Å². The average molecular weight is 276 g/mol. The van der Waals surface area contributed by atoms with Crippen molar-refractivity contribution in [2.45, 2.75) is 26.2 Å². The smallest absolute Gasteiger partial charge is 0.342 e. The van der Waals surface area contributed by atoms with Gasteiger partial charge in [0.15, 0.2) is 0 Å². The molecular formula is C15H17FN2O2. The fraction of sp³-hybridized carbons (Fsp3) is 0.333. The molecule has 0 atom stereocenters. The van der Waals surface area contributed by atoms with E-state index in [0.717, 1.165) is 0 Å². The Morgan fingerprint density at radius 1 is 1.25 bits per heavy atom. The number of carbonyl (C=O) groups is 1. The number of ether oxygens (including phenoxy) is 1. The van der Waals surface area contributed by atoms with Gasteiger partial charge in [0.05, 0.1) is 12.8 Å². The number of aromatic nitrogens is 2. The third kappa shape index (κ3) is 2.57. The molecule has 0 aliphatic rings. The van der Waals surface area contributed by atoms with Crippen LogP contribution in [0.2, 0.25) is 0 Å². The van der Waals surface area contributed by atoms with Crippen molar-refractivity contribution in [2.75, 3.05) is 7.11 Å². The Kier molecular flexibility index (Phi) is 3.61. The molecule has 0 aliphatic carbocycles. The molecule has 0 amide bonds. The summed E-state index contributed by atoms with van der Waals surface area (Å²) in [6, 6.07) is 5.85. The number of rotatable bonds is 2. The molecule has 5 heteroatoms. The number of carbonyl (C=O) groups excluding carboxylic acids is 1. The summed E-state index contributed by atoms with van der Waals surface area (Å²) in [4.78, 5) is 12.0. The molecule has 20 heavy (non-hydrogen) atoms. The van der Waals surface area contributed by atoms with Crippen LogP contribution in [0.25, 0.3) is 11.3 Å². The molecule has 2 rings (SSSR count). The second-order valence-electron chi connectivity index (χ2n) is 5.57. The number of halogens is 1. The number of esters is 1. The molecule has 1 aromatic carbocycles. The van der Waals surface area contributed by atoms with Crippen LogP contribution in [-0.4, -0.2) is 23.3 Å². The van der Waals surface area contributed by atoms with E-state index in [2.05, 4.69) is 10.2 Å². The van der Waals surface area contributed by atoms with Gasteiger partial charge in [-0.05, 0) is 24.3 Å².